The van der Waals surface area contributed by atoms with Crippen LogP contribution in [0.15, 0.2) is 92.1 Å². The Morgan fingerprint density at radius 3 is 2.22 bits per heavy atom. The van der Waals surface area contributed by atoms with Crippen molar-refractivity contribution in [1.82, 2.24) is 20.5 Å². The van der Waals surface area contributed by atoms with E-state index < -0.39 is 0 Å². The van der Waals surface area contributed by atoms with Gasteiger partial charge in [0, 0.05) is 31.6 Å². The Kier molecular flexibility index (Phi) is 17.4. The summed E-state index contributed by atoms with van der Waals surface area (Å²) in [6.07, 6.45) is 14.5. The fourth-order valence-corrected chi connectivity index (χ4v) is 3.70. The Morgan fingerprint density at radius 1 is 0.946 bits per heavy atom. The van der Waals surface area contributed by atoms with Crippen LogP contribution in [0.5, 0.6) is 0 Å². The van der Waals surface area contributed by atoms with Crippen LogP contribution in [-0.2, 0) is 19.6 Å². The van der Waals surface area contributed by atoms with Gasteiger partial charge in [0.1, 0.15) is 37.4 Å². The van der Waals surface area contributed by atoms with Crippen LogP contribution in [-0.4, -0.2) is 30.5 Å². The summed E-state index contributed by atoms with van der Waals surface area (Å²) in [7, 11) is 1.89. The standard InChI is InChI=1S/C25H31N6.2C2H6.CH3Br/c1-26-10-11-28-18-22-2-4-23(5-3-22)20-30-16-17-31(21-30)25-8-6-24(7-9-25)19-29-14-12-27-13-15-29;3*1-2/h2-12,14,16-17,21,26-28H,13,15,18-20H2,1H3;2*1-2H3;1H3/q+1;;;/p+1/b11-10-;;;. The lowest BCUT2D eigenvalue weighted by atomic mass is 10.1. The summed E-state index contributed by atoms with van der Waals surface area (Å²) < 4.78 is 4.39. The van der Waals surface area contributed by atoms with Crippen molar-refractivity contribution in [1.29, 1.82) is 0 Å². The lowest BCUT2D eigenvalue weighted by Crippen LogP contribution is -3.07. The molecule has 1 atom stereocenters. The van der Waals surface area contributed by atoms with Crippen LogP contribution < -0.4 is 25.4 Å². The monoisotopic (exact) mass is 570 g/mol. The maximum Gasteiger partial charge on any atom is 0.249 e. The molecule has 1 aromatic heterocycles. The zero-order valence-electron chi connectivity index (χ0n) is 23.5. The molecule has 2 aromatic carbocycles. The summed E-state index contributed by atoms with van der Waals surface area (Å²) in [4.78, 5) is 1.49. The van der Waals surface area contributed by atoms with E-state index >= 15 is 0 Å². The van der Waals surface area contributed by atoms with E-state index in [0.717, 1.165) is 32.7 Å². The average molecular weight is 572 g/mol. The number of rotatable bonds is 9. The number of halogens is 1. The first-order chi connectivity index (χ1) is 18.3. The normalized spacial score (nSPS) is 13.6. The van der Waals surface area contributed by atoms with E-state index in [9.17, 15) is 0 Å². The van der Waals surface area contributed by atoms with Gasteiger partial charge in [-0.2, -0.15) is 0 Å². The van der Waals surface area contributed by atoms with Crippen LogP contribution in [0.25, 0.3) is 5.69 Å². The predicted molar refractivity (Wildman–Crippen MR) is 161 cm³/mol. The van der Waals surface area contributed by atoms with Crippen LogP contribution in [0.4, 0.5) is 0 Å². The number of imidazole rings is 1. The molecule has 0 saturated heterocycles. The van der Waals surface area contributed by atoms with Crippen molar-refractivity contribution in [2.24, 2.45) is 0 Å². The van der Waals surface area contributed by atoms with Crippen LogP contribution in [0.3, 0.4) is 0 Å². The fraction of sp³-hybridized carbons (Fsp3) is 0.367. The Morgan fingerprint density at radius 2 is 1.59 bits per heavy atom. The maximum absolute atomic E-state index is 3.26. The quantitative estimate of drug-likeness (QED) is 0.231. The highest BCUT2D eigenvalue weighted by Gasteiger charge is 2.11. The molecule has 1 unspecified atom stereocenters. The third kappa shape index (κ3) is 11.7. The molecule has 3 aromatic rings. The summed E-state index contributed by atoms with van der Waals surface area (Å²) in [5.41, 5.74) is 5.11. The van der Waals surface area contributed by atoms with Crippen LogP contribution in [0.2, 0.25) is 0 Å². The van der Waals surface area contributed by atoms with Gasteiger partial charge >= 0.3 is 0 Å². The van der Waals surface area contributed by atoms with Crippen molar-refractivity contribution in [2.45, 2.75) is 47.3 Å². The van der Waals surface area contributed by atoms with Crippen LogP contribution in [0, 0.1) is 0 Å². The molecule has 0 spiro atoms. The topological polar surface area (TPSA) is 49.3 Å². The number of hydrogen-bond acceptors (Lipinski definition) is 3. The summed E-state index contributed by atoms with van der Waals surface area (Å²) in [5, 5.41) is 9.48. The van der Waals surface area contributed by atoms with Gasteiger partial charge < -0.3 is 20.9 Å². The van der Waals surface area contributed by atoms with Crippen molar-refractivity contribution in [3.05, 3.63) is 109 Å². The number of aromatic nitrogens is 2. The van der Waals surface area contributed by atoms with Crippen molar-refractivity contribution in [3.8, 4) is 5.69 Å². The Hall–Kier alpha value is -3.03. The zero-order valence-corrected chi connectivity index (χ0v) is 25.1. The van der Waals surface area contributed by atoms with Crippen molar-refractivity contribution in [3.63, 3.8) is 0 Å². The Bertz CT molecular complexity index is 1010. The second kappa shape index (κ2) is 20.1. The van der Waals surface area contributed by atoms with Gasteiger partial charge in [0.05, 0.1) is 19.3 Å². The summed E-state index contributed by atoms with van der Waals surface area (Å²) in [6, 6.07) is 17.6. The minimum absolute atomic E-state index is 0.824. The lowest BCUT2D eigenvalue weighted by Gasteiger charge is -2.18. The summed E-state index contributed by atoms with van der Waals surface area (Å²) in [5.74, 6) is 1.81. The number of benzene rings is 2. The van der Waals surface area contributed by atoms with E-state index in [4.69, 9.17) is 0 Å². The molecule has 0 saturated carbocycles. The second-order valence-corrected chi connectivity index (χ2v) is 7.85. The Labute approximate surface area is 233 Å². The molecule has 1 aliphatic rings. The molecule has 202 valence electrons. The van der Waals surface area contributed by atoms with Crippen molar-refractivity contribution >= 4 is 15.9 Å². The smallest absolute Gasteiger partial charge is 0.249 e. The van der Waals surface area contributed by atoms with Crippen LogP contribution in [0.1, 0.15) is 44.4 Å². The van der Waals surface area contributed by atoms with E-state index in [1.807, 2.05) is 53.0 Å². The first-order valence-electron chi connectivity index (χ1n) is 13.2. The molecule has 0 fully saturated rings. The SMILES string of the molecule is CBr.CC.CC.CN/C=C\NCc1ccc(C[n+]2ccn(-c3ccc(C[NH+]4C=CNCC4)cc3)c2)cc1. The van der Waals surface area contributed by atoms with E-state index in [0.29, 0.717) is 0 Å². The largest absolute Gasteiger partial charge is 0.393 e. The highest BCUT2D eigenvalue weighted by atomic mass is 79.9. The summed E-state index contributed by atoms with van der Waals surface area (Å²) >= 11 is 2.94. The third-order valence-electron chi connectivity index (χ3n) is 5.45. The minimum atomic E-state index is 0.824. The highest BCUT2D eigenvalue weighted by Crippen LogP contribution is 2.09. The molecule has 0 aliphatic carbocycles. The number of nitrogens with zero attached hydrogens (tertiary/aromatic N) is 2. The first kappa shape index (κ1) is 32.0. The highest BCUT2D eigenvalue weighted by molar-refractivity contribution is 9.08. The van der Waals surface area contributed by atoms with E-state index in [1.165, 1.54) is 27.3 Å². The van der Waals surface area contributed by atoms with Gasteiger partial charge in [-0.05, 0) is 41.2 Å². The molecule has 2 heterocycles. The third-order valence-corrected chi connectivity index (χ3v) is 5.45. The molecule has 1 aliphatic heterocycles. The average Bonchev–Trinajstić information content (AvgIpc) is 3.45. The van der Waals surface area contributed by atoms with Gasteiger partial charge in [-0.3, -0.25) is 0 Å². The minimum Gasteiger partial charge on any atom is -0.393 e. The summed E-state index contributed by atoms with van der Waals surface area (Å²) in [6.45, 7) is 12.9. The molecule has 0 bridgehead atoms. The van der Waals surface area contributed by atoms with Crippen molar-refractivity contribution in [2.75, 3.05) is 26.0 Å². The van der Waals surface area contributed by atoms with Gasteiger partial charge in [0.15, 0.2) is 0 Å². The predicted octanol–water partition coefficient (Wildman–Crippen LogP) is 4.12. The van der Waals surface area contributed by atoms with Gasteiger partial charge in [-0.25, -0.2) is 9.13 Å². The van der Waals surface area contributed by atoms with Gasteiger partial charge in [0.2, 0.25) is 6.33 Å². The molecule has 0 radical (unpaired) electrons. The van der Waals surface area contributed by atoms with Crippen molar-refractivity contribution < 1.29 is 9.47 Å². The molecule has 6 nitrogen and oxygen atoms in total. The van der Waals surface area contributed by atoms with Crippen LogP contribution >= 0.6 is 15.9 Å². The Balaban J connectivity index is 0.00000106. The van der Waals surface area contributed by atoms with Gasteiger partial charge in [0.25, 0.3) is 0 Å². The molecule has 4 N–H and O–H groups in total. The molecular formula is C30H47BrN6+2. The second-order valence-electron chi connectivity index (χ2n) is 7.85. The molecule has 0 amide bonds. The zero-order chi connectivity index (χ0) is 27.3. The molecule has 4 rings (SSSR count). The lowest BCUT2D eigenvalue weighted by molar-refractivity contribution is -0.862. The maximum atomic E-state index is 3.26. The molecular weight excluding hydrogens is 524 g/mol. The van der Waals surface area contributed by atoms with E-state index in [1.54, 1.807) is 0 Å². The molecule has 37 heavy (non-hydrogen) atoms. The number of nitrogens with one attached hydrogen (secondary N) is 4. The van der Waals surface area contributed by atoms with Gasteiger partial charge in [-0.1, -0.05) is 67.9 Å². The molecule has 7 heteroatoms. The first-order valence-corrected chi connectivity index (χ1v) is 14.8. The number of quaternary nitrogens is 1. The number of hydrogen-bond donors (Lipinski definition) is 4. The van der Waals surface area contributed by atoms with E-state index in [2.05, 4.69) is 121 Å². The fourth-order valence-electron chi connectivity index (χ4n) is 3.70. The van der Waals surface area contributed by atoms with Gasteiger partial charge in [-0.15, -0.1) is 0 Å². The number of alkyl halides is 1. The van der Waals surface area contributed by atoms with E-state index in [-0.39, 0.29) is 0 Å².